The van der Waals surface area contributed by atoms with Crippen LogP contribution in [0.4, 0.5) is 17.1 Å². The lowest BCUT2D eigenvalue weighted by Crippen LogP contribution is -2.32. The van der Waals surface area contributed by atoms with Crippen LogP contribution in [0.3, 0.4) is 0 Å². The van der Waals surface area contributed by atoms with Gasteiger partial charge in [0.2, 0.25) is 0 Å². The molecule has 0 spiro atoms. The molecule has 0 aliphatic carbocycles. The number of imide groups is 1. The van der Waals surface area contributed by atoms with Crippen LogP contribution in [0.25, 0.3) is 0 Å². The van der Waals surface area contributed by atoms with Crippen molar-refractivity contribution in [2.45, 2.75) is 13.8 Å². The summed E-state index contributed by atoms with van der Waals surface area (Å²) in [5.41, 5.74) is 3.23. The van der Waals surface area contributed by atoms with Crippen LogP contribution in [0.15, 0.2) is 71.4 Å². The summed E-state index contributed by atoms with van der Waals surface area (Å²) in [7, 11) is 0. The van der Waals surface area contributed by atoms with Crippen molar-refractivity contribution in [2.75, 3.05) is 15.5 Å². The Morgan fingerprint density at radius 3 is 2.35 bits per heavy atom. The normalized spacial score (nSPS) is 13.5. The van der Waals surface area contributed by atoms with Gasteiger partial charge in [-0.25, -0.2) is 4.90 Å². The van der Waals surface area contributed by atoms with Gasteiger partial charge >= 0.3 is 0 Å². The molecule has 0 unspecified atom stereocenters. The van der Waals surface area contributed by atoms with Crippen molar-refractivity contribution >= 4 is 69.6 Å². The van der Waals surface area contributed by atoms with E-state index in [2.05, 4.69) is 10.6 Å². The van der Waals surface area contributed by atoms with Crippen LogP contribution in [-0.2, 0) is 9.59 Å². The van der Waals surface area contributed by atoms with Crippen LogP contribution in [0.2, 0.25) is 10.0 Å². The Hall–Kier alpha value is -3.32. The van der Waals surface area contributed by atoms with E-state index in [4.69, 9.17) is 34.8 Å². The maximum Gasteiger partial charge on any atom is 0.283 e. The van der Waals surface area contributed by atoms with Crippen LogP contribution in [-0.4, -0.2) is 17.7 Å². The summed E-state index contributed by atoms with van der Waals surface area (Å²) >= 11 is 18.4. The minimum absolute atomic E-state index is 0.0675. The minimum Gasteiger partial charge on any atom is -0.350 e. The summed E-state index contributed by atoms with van der Waals surface area (Å²) in [4.78, 5) is 39.7. The minimum atomic E-state index is -0.620. The molecule has 0 fully saturated rings. The highest BCUT2D eigenvalue weighted by Gasteiger charge is 2.39. The van der Waals surface area contributed by atoms with Gasteiger partial charge in [0.1, 0.15) is 10.7 Å². The Morgan fingerprint density at radius 2 is 1.62 bits per heavy atom. The van der Waals surface area contributed by atoms with E-state index >= 15 is 0 Å². The number of nitrogens with zero attached hydrogens (tertiary/aromatic N) is 1. The smallest absolute Gasteiger partial charge is 0.283 e. The highest BCUT2D eigenvalue weighted by Crippen LogP contribution is 2.33. The SMILES string of the molecule is Cc1ccc(N2C(=O)C(Cl)=C(Nc3cccc(C(=O)Nc4cccc(Cl)c4Cl)c3)C2=O)c(C)c1. The first-order chi connectivity index (χ1) is 16.2. The lowest BCUT2D eigenvalue weighted by Gasteiger charge is -2.18. The Kier molecular flexibility index (Phi) is 6.66. The van der Waals surface area contributed by atoms with Gasteiger partial charge in [-0.2, -0.15) is 0 Å². The number of benzene rings is 3. The molecule has 2 N–H and O–H groups in total. The number of hydrogen-bond acceptors (Lipinski definition) is 4. The van der Waals surface area contributed by atoms with Gasteiger partial charge in [-0.3, -0.25) is 14.4 Å². The van der Waals surface area contributed by atoms with Crippen molar-refractivity contribution in [1.82, 2.24) is 0 Å². The fourth-order valence-corrected chi connectivity index (χ4v) is 4.12. The summed E-state index contributed by atoms with van der Waals surface area (Å²) in [5.74, 6) is -1.63. The quantitative estimate of drug-likeness (QED) is 0.392. The third-order valence-electron chi connectivity index (χ3n) is 5.21. The van der Waals surface area contributed by atoms with Gasteiger partial charge in [0.15, 0.2) is 0 Å². The first kappa shape index (κ1) is 23.8. The molecule has 0 atom stereocenters. The van der Waals surface area contributed by atoms with Crippen molar-refractivity contribution in [3.63, 3.8) is 0 Å². The van der Waals surface area contributed by atoms with E-state index in [9.17, 15) is 14.4 Å². The van der Waals surface area contributed by atoms with Crippen LogP contribution < -0.4 is 15.5 Å². The number of carbonyl (C=O) groups is 3. The molecule has 1 heterocycles. The molecule has 6 nitrogen and oxygen atoms in total. The lowest BCUT2D eigenvalue weighted by molar-refractivity contribution is -0.120. The highest BCUT2D eigenvalue weighted by atomic mass is 35.5. The monoisotopic (exact) mass is 513 g/mol. The van der Waals surface area contributed by atoms with Crippen molar-refractivity contribution in [3.8, 4) is 0 Å². The van der Waals surface area contributed by atoms with E-state index < -0.39 is 17.7 Å². The molecule has 3 aromatic carbocycles. The molecular formula is C25H18Cl3N3O3. The van der Waals surface area contributed by atoms with Gasteiger partial charge in [-0.15, -0.1) is 0 Å². The molecule has 4 rings (SSSR count). The Morgan fingerprint density at radius 1 is 0.882 bits per heavy atom. The van der Waals surface area contributed by atoms with Gasteiger partial charge in [0.05, 0.1) is 21.4 Å². The van der Waals surface area contributed by atoms with Gasteiger partial charge in [0, 0.05) is 11.3 Å². The van der Waals surface area contributed by atoms with E-state index in [1.54, 1.807) is 42.5 Å². The zero-order valence-electron chi connectivity index (χ0n) is 18.1. The number of hydrogen-bond donors (Lipinski definition) is 2. The van der Waals surface area contributed by atoms with Gasteiger partial charge in [-0.05, 0) is 55.8 Å². The van der Waals surface area contributed by atoms with Crippen molar-refractivity contribution in [1.29, 1.82) is 0 Å². The third-order valence-corrected chi connectivity index (χ3v) is 6.38. The van der Waals surface area contributed by atoms with Crippen LogP contribution >= 0.6 is 34.8 Å². The van der Waals surface area contributed by atoms with Crippen LogP contribution in [0.1, 0.15) is 21.5 Å². The van der Waals surface area contributed by atoms with Gasteiger partial charge in [0.25, 0.3) is 17.7 Å². The van der Waals surface area contributed by atoms with Crippen molar-refractivity contribution < 1.29 is 14.4 Å². The molecular weight excluding hydrogens is 497 g/mol. The topological polar surface area (TPSA) is 78.5 Å². The number of amides is 3. The molecule has 34 heavy (non-hydrogen) atoms. The van der Waals surface area contributed by atoms with Crippen LogP contribution in [0.5, 0.6) is 0 Å². The number of nitrogens with one attached hydrogen (secondary N) is 2. The fourth-order valence-electron chi connectivity index (χ4n) is 3.56. The predicted molar refractivity (Wildman–Crippen MR) is 136 cm³/mol. The van der Waals surface area contributed by atoms with Gasteiger partial charge < -0.3 is 10.6 Å². The standard InChI is InChI=1S/C25H18Cl3N3O3/c1-13-9-10-19(14(2)11-13)31-24(33)21(28)22(25(31)34)29-16-6-3-5-15(12-16)23(32)30-18-8-4-7-17(26)20(18)27/h3-12,29H,1-2H3,(H,30,32). The Balaban J connectivity index is 1.56. The maximum absolute atomic E-state index is 13.1. The van der Waals surface area contributed by atoms with Crippen molar-refractivity contribution in [3.05, 3.63) is 98.1 Å². The van der Waals surface area contributed by atoms with Crippen LogP contribution in [0, 0.1) is 13.8 Å². The molecule has 3 aromatic rings. The first-order valence-electron chi connectivity index (χ1n) is 10.2. The molecule has 0 saturated carbocycles. The first-order valence-corrected chi connectivity index (χ1v) is 11.3. The zero-order valence-corrected chi connectivity index (χ0v) is 20.3. The zero-order chi connectivity index (χ0) is 24.6. The molecule has 0 radical (unpaired) electrons. The molecule has 0 saturated heterocycles. The Bertz CT molecular complexity index is 1380. The van der Waals surface area contributed by atoms with E-state index in [1.165, 1.54) is 6.07 Å². The fraction of sp³-hybridized carbons (Fsp3) is 0.0800. The summed E-state index contributed by atoms with van der Waals surface area (Å²) in [5, 5.41) is 5.90. The predicted octanol–water partition coefficient (Wildman–Crippen LogP) is 6.30. The third kappa shape index (κ3) is 4.53. The molecule has 1 aliphatic heterocycles. The second kappa shape index (κ2) is 9.50. The van der Waals surface area contributed by atoms with Crippen molar-refractivity contribution in [2.24, 2.45) is 0 Å². The second-order valence-corrected chi connectivity index (χ2v) is 8.85. The molecule has 0 aromatic heterocycles. The van der Waals surface area contributed by atoms with E-state index in [-0.39, 0.29) is 15.8 Å². The summed E-state index contributed by atoms with van der Waals surface area (Å²) in [6.45, 7) is 3.74. The number of rotatable bonds is 5. The summed E-state index contributed by atoms with van der Waals surface area (Å²) in [6, 6.07) is 16.7. The molecule has 9 heteroatoms. The summed E-state index contributed by atoms with van der Waals surface area (Å²) in [6.07, 6.45) is 0. The molecule has 172 valence electrons. The second-order valence-electron chi connectivity index (χ2n) is 7.69. The molecule has 0 bridgehead atoms. The number of anilines is 3. The highest BCUT2D eigenvalue weighted by molar-refractivity contribution is 6.53. The maximum atomic E-state index is 13.1. The average molecular weight is 515 g/mol. The summed E-state index contributed by atoms with van der Waals surface area (Å²) < 4.78 is 0. The largest absolute Gasteiger partial charge is 0.350 e. The van der Waals surface area contributed by atoms with E-state index in [0.29, 0.717) is 27.6 Å². The van der Waals surface area contributed by atoms with E-state index in [0.717, 1.165) is 16.0 Å². The number of carbonyl (C=O) groups excluding carboxylic acids is 3. The number of halogens is 3. The van der Waals surface area contributed by atoms with E-state index in [1.807, 2.05) is 26.0 Å². The Labute approximate surface area is 211 Å². The average Bonchev–Trinajstić information content (AvgIpc) is 3.00. The lowest BCUT2D eigenvalue weighted by atomic mass is 10.1. The molecule has 3 amide bonds. The van der Waals surface area contributed by atoms with Gasteiger partial charge in [-0.1, -0.05) is 64.6 Å². The molecule has 1 aliphatic rings. The number of aryl methyl sites for hydroxylation is 2.